The summed E-state index contributed by atoms with van der Waals surface area (Å²) in [6.07, 6.45) is 0.827. The number of fused-ring (bicyclic) bond motifs is 1. The van der Waals surface area contributed by atoms with E-state index in [2.05, 4.69) is 11.1 Å². The molecule has 190 valence electrons. The number of ether oxygens (including phenoxy) is 2. The molecule has 7 heteroatoms. The maximum atomic E-state index is 12.8. The van der Waals surface area contributed by atoms with Gasteiger partial charge in [0, 0.05) is 23.2 Å². The zero-order chi connectivity index (χ0) is 25.7. The topological polar surface area (TPSA) is 48.4 Å². The molecule has 2 aromatic carbocycles. The van der Waals surface area contributed by atoms with Crippen molar-refractivity contribution in [2.75, 3.05) is 6.61 Å². The van der Waals surface area contributed by atoms with Crippen molar-refractivity contribution in [2.24, 2.45) is 0 Å². The maximum Gasteiger partial charge on any atom is 0.416 e. The van der Waals surface area contributed by atoms with E-state index in [-0.39, 0.29) is 5.97 Å². The summed E-state index contributed by atoms with van der Waals surface area (Å²) >= 11 is 0. The minimum atomic E-state index is -4.36. The maximum absolute atomic E-state index is 12.8. The molecular formula is C29H30F3NO3. The summed E-state index contributed by atoms with van der Waals surface area (Å²) in [5, 5.41) is 0. The smallest absolute Gasteiger partial charge is 0.416 e. The molecule has 0 unspecified atom stereocenters. The van der Waals surface area contributed by atoms with Crippen LogP contribution in [-0.2, 0) is 41.6 Å². The fourth-order valence-electron chi connectivity index (χ4n) is 4.64. The molecular weight excluding hydrogens is 467 g/mol. The molecule has 1 aliphatic carbocycles. The van der Waals surface area contributed by atoms with Gasteiger partial charge in [-0.15, -0.1) is 0 Å². The summed E-state index contributed by atoms with van der Waals surface area (Å²) < 4.78 is 49.8. The number of rotatable bonds is 8. The number of carbonyl (C=O) groups excluding carboxylic acids is 1. The molecule has 0 radical (unpaired) electrons. The highest BCUT2D eigenvalue weighted by Crippen LogP contribution is 2.34. The summed E-state index contributed by atoms with van der Waals surface area (Å²) in [5.41, 5.74) is 5.95. The Hall–Kier alpha value is -3.35. The van der Waals surface area contributed by atoms with Gasteiger partial charge in [-0.2, -0.15) is 13.2 Å². The fourth-order valence-corrected chi connectivity index (χ4v) is 4.64. The lowest BCUT2D eigenvalue weighted by Crippen LogP contribution is -2.12. The molecule has 4 rings (SSSR count). The van der Waals surface area contributed by atoms with Crippen LogP contribution in [0.3, 0.4) is 0 Å². The van der Waals surface area contributed by atoms with E-state index in [1.54, 1.807) is 0 Å². The molecule has 0 fully saturated rings. The number of hydrogen-bond donors (Lipinski definition) is 0. The molecule has 0 spiro atoms. The standard InChI is InChI=1S/C29H30F3NO3/c1-3-35-28(34)17-12-20-11-16-27(25-7-5-4-6-24(20)25)36-18-22-10-15-26(33-19(22)2)21-8-13-23(14-9-21)29(30,31)32/h8-11,13-16H,3-7,12,17-18H2,1-2H3. The highest BCUT2D eigenvalue weighted by molar-refractivity contribution is 5.70. The molecule has 36 heavy (non-hydrogen) atoms. The van der Waals surface area contributed by atoms with Crippen LogP contribution in [0.25, 0.3) is 11.3 Å². The second-order valence-corrected chi connectivity index (χ2v) is 9.00. The number of aromatic nitrogens is 1. The molecule has 0 bridgehead atoms. The first kappa shape index (κ1) is 25.7. The second kappa shape index (κ2) is 11.1. The quantitative estimate of drug-likeness (QED) is 0.314. The van der Waals surface area contributed by atoms with Crippen molar-refractivity contribution >= 4 is 5.97 Å². The van der Waals surface area contributed by atoms with E-state index in [1.807, 2.05) is 32.0 Å². The van der Waals surface area contributed by atoms with Gasteiger partial charge in [0.05, 0.1) is 17.9 Å². The Morgan fingerprint density at radius 2 is 1.64 bits per heavy atom. The minimum Gasteiger partial charge on any atom is -0.489 e. The summed E-state index contributed by atoms with van der Waals surface area (Å²) in [4.78, 5) is 16.4. The van der Waals surface area contributed by atoms with Crippen molar-refractivity contribution in [3.8, 4) is 17.0 Å². The number of benzene rings is 2. The molecule has 0 saturated heterocycles. The Morgan fingerprint density at radius 3 is 2.31 bits per heavy atom. The lowest BCUT2D eigenvalue weighted by Gasteiger charge is -2.23. The first-order chi connectivity index (χ1) is 17.3. The molecule has 0 N–H and O–H groups in total. The predicted octanol–water partition coefficient (Wildman–Crippen LogP) is 7.03. The van der Waals surface area contributed by atoms with Crippen LogP contribution in [0.5, 0.6) is 5.75 Å². The molecule has 3 aromatic rings. The van der Waals surface area contributed by atoms with Crippen molar-refractivity contribution < 1.29 is 27.4 Å². The summed E-state index contributed by atoms with van der Waals surface area (Å²) in [6, 6.07) is 12.8. The second-order valence-electron chi connectivity index (χ2n) is 9.00. The van der Waals surface area contributed by atoms with Crippen molar-refractivity contribution in [1.29, 1.82) is 0 Å². The number of carbonyl (C=O) groups is 1. The van der Waals surface area contributed by atoms with Crippen LogP contribution in [-0.4, -0.2) is 17.6 Å². The summed E-state index contributed by atoms with van der Waals surface area (Å²) in [6.45, 7) is 4.43. The Labute approximate surface area is 209 Å². The Morgan fingerprint density at radius 1 is 0.944 bits per heavy atom. The van der Waals surface area contributed by atoms with Gasteiger partial charge in [-0.25, -0.2) is 0 Å². The molecule has 1 heterocycles. The van der Waals surface area contributed by atoms with Crippen molar-refractivity contribution in [2.45, 2.75) is 65.2 Å². The average molecular weight is 498 g/mol. The monoisotopic (exact) mass is 497 g/mol. The van der Waals surface area contributed by atoms with Crippen LogP contribution >= 0.6 is 0 Å². The van der Waals surface area contributed by atoms with Gasteiger partial charge in [0.1, 0.15) is 12.4 Å². The van der Waals surface area contributed by atoms with Gasteiger partial charge in [0.15, 0.2) is 0 Å². The first-order valence-corrected chi connectivity index (χ1v) is 12.3. The van der Waals surface area contributed by atoms with Crippen molar-refractivity contribution in [1.82, 2.24) is 4.98 Å². The van der Waals surface area contributed by atoms with E-state index in [0.29, 0.717) is 37.3 Å². The lowest BCUT2D eigenvalue weighted by atomic mass is 9.86. The van der Waals surface area contributed by atoms with Crippen LogP contribution in [0.2, 0.25) is 0 Å². The van der Waals surface area contributed by atoms with E-state index < -0.39 is 11.7 Å². The third-order valence-electron chi connectivity index (χ3n) is 6.58. The SMILES string of the molecule is CCOC(=O)CCc1ccc(OCc2ccc(-c3ccc(C(F)(F)F)cc3)nc2C)c2c1CCCC2. The Balaban J connectivity index is 1.46. The highest BCUT2D eigenvalue weighted by Gasteiger charge is 2.30. The van der Waals surface area contributed by atoms with E-state index in [0.717, 1.165) is 54.8 Å². The molecule has 1 aliphatic rings. The predicted molar refractivity (Wildman–Crippen MR) is 132 cm³/mol. The van der Waals surface area contributed by atoms with Crippen LogP contribution in [0.15, 0.2) is 48.5 Å². The Kier molecular flexibility index (Phi) is 7.97. The van der Waals surface area contributed by atoms with Crippen molar-refractivity contribution in [3.63, 3.8) is 0 Å². The van der Waals surface area contributed by atoms with E-state index in [9.17, 15) is 18.0 Å². The number of aryl methyl sites for hydroxylation is 2. The molecule has 0 amide bonds. The first-order valence-electron chi connectivity index (χ1n) is 12.3. The molecule has 0 saturated carbocycles. The van der Waals surface area contributed by atoms with Gasteiger partial charge >= 0.3 is 12.1 Å². The summed E-state index contributed by atoms with van der Waals surface area (Å²) in [5.74, 6) is 0.681. The molecule has 4 nitrogen and oxygen atoms in total. The van der Waals surface area contributed by atoms with E-state index in [1.165, 1.54) is 28.8 Å². The Bertz CT molecular complexity index is 1220. The van der Waals surface area contributed by atoms with Gasteiger partial charge < -0.3 is 9.47 Å². The van der Waals surface area contributed by atoms with E-state index in [4.69, 9.17) is 9.47 Å². The average Bonchev–Trinajstić information content (AvgIpc) is 2.87. The van der Waals surface area contributed by atoms with Crippen LogP contribution < -0.4 is 4.74 Å². The van der Waals surface area contributed by atoms with Gasteiger partial charge in [-0.1, -0.05) is 24.3 Å². The van der Waals surface area contributed by atoms with Gasteiger partial charge in [-0.3, -0.25) is 9.78 Å². The normalized spacial score (nSPS) is 13.2. The number of nitrogens with zero attached hydrogens (tertiary/aromatic N) is 1. The summed E-state index contributed by atoms with van der Waals surface area (Å²) in [7, 11) is 0. The third-order valence-corrected chi connectivity index (χ3v) is 6.58. The number of alkyl halides is 3. The van der Waals surface area contributed by atoms with E-state index >= 15 is 0 Å². The largest absolute Gasteiger partial charge is 0.489 e. The fraction of sp³-hybridized carbons (Fsp3) is 0.379. The van der Waals surface area contributed by atoms with Gasteiger partial charge in [-0.05, 0) is 86.9 Å². The zero-order valence-electron chi connectivity index (χ0n) is 20.6. The van der Waals surface area contributed by atoms with Crippen LogP contribution in [0, 0.1) is 6.92 Å². The zero-order valence-corrected chi connectivity index (χ0v) is 20.6. The molecule has 0 aliphatic heterocycles. The molecule has 1 aromatic heterocycles. The number of esters is 1. The third kappa shape index (κ3) is 6.07. The lowest BCUT2D eigenvalue weighted by molar-refractivity contribution is -0.143. The molecule has 0 atom stereocenters. The van der Waals surface area contributed by atoms with Gasteiger partial charge in [0.2, 0.25) is 0 Å². The minimum absolute atomic E-state index is 0.176. The van der Waals surface area contributed by atoms with Crippen LogP contribution in [0.4, 0.5) is 13.2 Å². The van der Waals surface area contributed by atoms with Crippen LogP contribution in [0.1, 0.15) is 59.7 Å². The number of halogens is 3. The highest BCUT2D eigenvalue weighted by atomic mass is 19.4. The number of pyridine rings is 1. The van der Waals surface area contributed by atoms with Gasteiger partial charge in [0.25, 0.3) is 0 Å². The van der Waals surface area contributed by atoms with Crippen molar-refractivity contribution in [3.05, 3.63) is 82.0 Å². The number of hydrogen-bond acceptors (Lipinski definition) is 4.